The van der Waals surface area contributed by atoms with Crippen molar-refractivity contribution in [2.75, 3.05) is 0 Å². The third kappa shape index (κ3) is 5.83. The second kappa shape index (κ2) is 6.66. The Hall–Kier alpha value is -1.42. The van der Waals surface area contributed by atoms with Crippen molar-refractivity contribution in [1.29, 1.82) is 0 Å². The molecule has 0 N–H and O–H groups in total. The quantitative estimate of drug-likeness (QED) is 0.590. The monoisotopic (exact) mass is 283 g/mol. The van der Waals surface area contributed by atoms with Crippen LogP contribution < -0.4 is 0 Å². The number of halogens is 1. The van der Waals surface area contributed by atoms with Crippen LogP contribution in [0.1, 0.15) is 32.8 Å². The highest BCUT2D eigenvalue weighted by atomic mass is 35.5. The third-order valence-electron chi connectivity index (χ3n) is 2.58. The van der Waals surface area contributed by atoms with E-state index in [1.165, 1.54) is 0 Å². The zero-order valence-corrected chi connectivity index (χ0v) is 12.1. The Labute approximate surface area is 118 Å². The lowest BCUT2D eigenvalue weighted by Gasteiger charge is -2.25. The molecule has 0 aliphatic carbocycles. The SMILES string of the molecule is C[C@@H](CC(=O)OC(C)(C)Cc1ccc(Cl)cc1)N=O. The lowest BCUT2D eigenvalue weighted by Crippen LogP contribution is -2.31. The van der Waals surface area contributed by atoms with Crippen molar-refractivity contribution in [3.8, 4) is 0 Å². The normalized spacial score (nSPS) is 12.8. The number of nitrogens with zero attached hydrogens (tertiary/aromatic N) is 1. The van der Waals surface area contributed by atoms with E-state index in [2.05, 4.69) is 5.18 Å². The first kappa shape index (κ1) is 15.6. The minimum Gasteiger partial charge on any atom is -0.459 e. The van der Waals surface area contributed by atoms with Crippen LogP contribution in [0.3, 0.4) is 0 Å². The molecule has 0 aliphatic rings. The first-order valence-electron chi connectivity index (χ1n) is 6.11. The van der Waals surface area contributed by atoms with Gasteiger partial charge in [-0.2, -0.15) is 4.91 Å². The number of carbonyl (C=O) groups excluding carboxylic acids is 1. The fourth-order valence-electron chi connectivity index (χ4n) is 1.76. The second-order valence-corrected chi connectivity index (χ2v) is 5.63. The summed E-state index contributed by atoms with van der Waals surface area (Å²) in [7, 11) is 0. The minimum absolute atomic E-state index is 0.00749. The summed E-state index contributed by atoms with van der Waals surface area (Å²) in [6, 6.07) is 6.83. The van der Waals surface area contributed by atoms with Crippen molar-refractivity contribution in [3.63, 3.8) is 0 Å². The van der Waals surface area contributed by atoms with E-state index in [0.717, 1.165) is 5.56 Å². The number of rotatable bonds is 6. The lowest BCUT2D eigenvalue weighted by molar-refractivity contribution is -0.156. The lowest BCUT2D eigenvalue weighted by atomic mass is 9.98. The highest BCUT2D eigenvalue weighted by Gasteiger charge is 2.24. The molecule has 1 rings (SSSR count). The summed E-state index contributed by atoms with van der Waals surface area (Å²) in [4.78, 5) is 21.9. The van der Waals surface area contributed by atoms with E-state index in [4.69, 9.17) is 16.3 Å². The Morgan fingerprint density at radius 2 is 1.95 bits per heavy atom. The summed E-state index contributed by atoms with van der Waals surface area (Å²) in [5, 5.41) is 3.46. The van der Waals surface area contributed by atoms with Crippen molar-refractivity contribution < 1.29 is 9.53 Å². The van der Waals surface area contributed by atoms with Crippen LogP contribution in [0.4, 0.5) is 0 Å². The van der Waals surface area contributed by atoms with Gasteiger partial charge in [0.2, 0.25) is 0 Å². The fraction of sp³-hybridized carbons (Fsp3) is 0.500. The molecule has 0 aromatic heterocycles. The Morgan fingerprint density at radius 1 is 1.37 bits per heavy atom. The standard InChI is InChI=1S/C14H18ClNO3/c1-10(16-18)8-13(17)19-14(2,3)9-11-4-6-12(15)7-5-11/h4-7,10H,8-9H2,1-3H3/t10-/m0/s1. The summed E-state index contributed by atoms with van der Waals surface area (Å²) < 4.78 is 5.37. The summed E-state index contributed by atoms with van der Waals surface area (Å²) >= 11 is 5.82. The molecule has 0 amide bonds. The molecule has 0 bridgehead atoms. The van der Waals surface area contributed by atoms with Gasteiger partial charge in [0.1, 0.15) is 5.60 Å². The van der Waals surface area contributed by atoms with Gasteiger partial charge in [-0.15, -0.1) is 0 Å². The van der Waals surface area contributed by atoms with Gasteiger partial charge < -0.3 is 4.74 Å². The van der Waals surface area contributed by atoms with E-state index in [0.29, 0.717) is 11.4 Å². The average molecular weight is 284 g/mol. The van der Waals surface area contributed by atoms with Crippen LogP contribution in [0.5, 0.6) is 0 Å². The smallest absolute Gasteiger partial charge is 0.308 e. The predicted octanol–water partition coefficient (Wildman–Crippen LogP) is 3.75. The van der Waals surface area contributed by atoms with Crippen LogP contribution >= 0.6 is 11.6 Å². The highest BCUT2D eigenvalue weighted by Crippen LogP contribution is 2.20. The molecule has 0 unspecified atom stereocenters. The highest BCUT2D eigenvalue weighted by molar-refractivity contribution is 6.30. The van der Waals surface area contributed by atoms with Crippen LogP contribution in [0.2, 0.25) is 5.02 Å². The van der Waals surface area contributed by atoms with E-state index in [1.54, 1.807) is 19.1 Å². The molecular formula is C14H18ClNO3. The molecule has 1 atom stereocenters. The van der Waals surface area contributed by atoms with E-state index >= 15 is 0 Å². The van der Waals surface area contributed by atoms with Gasteiger partial charge >= 0.3 is 5.97 Å². The van der Waals surface area contributed by atoms with Gasteiger partial charge in [0.25, 0.3) is 0 Å². The molecule has 0 radical (unpaired) electrons. The van der Waals surface area contributed by atoms with Crippen LogP contribution in [0.25, 0.3) is 0 Å². The van der Waals surface area contributed by atoms with Crippen LogP contribution in [-0.2, 0) is 16.0 Å². The van der Waals surface area contributed by atoms with Gasteiger partial charge in [-0.05, 0) is 38.5 Å². The number of benzene rings is 1. The van der Waals surface area contributed by atoms with Gasteiger partial charge in [0.15, 0.2) is 0 Å². The van der Waals surface area contributed by atoms with Crippen molar-refractivity contribution >= 4 is 17.6 Å². The molecule has 5 heteroatoms. The largest absolute Gasteiger partial charge is 0.459 e. The fourth-order valence-corrected chi connectivity index (χ4v) is 1.88. The topological polar surface area (TPSA) is 55.7 Å². The molecule has 4 nitrogen and oxygen atoms in total. The zero-order valence-electron chi connectivity index (χ0n) is 11.4. The Balaban J connectivity index is 2.58. The van der Waals surface area contributed by atoms with E-state index in [9.17, 15) is 9.70 Å². The number of ether oxygens (including phenoxy) is 1. The number of hydrogen-bond acceptors (Lipinski definition) is 4. The molecule has 0 saturated heterocycles. The zero-order chi connectivity index (χ0) is 14.5. The molecule has 1 aromatic carbocycles. The van der Waals surface area contributed by atoms with Gasteiger partial charge in [-0.25, -0.2) is 0 Å². The summed E-state index contributed by atoms with van der Waals surface area (Å²) in [5.74, 6) is -0.411. The van der Waals surface area contributed by atoms with Gasteiger partial charge in [-0.3, -0.25) is 4.79 Å². The predicted molar refractivity (Wildman–Crippen MR) is 75.2 cm³/mol. The van der Waals surface area contributed by atoms with Crippen molar-refractivity contribution in [2.24, 2.45) is 5.18 Å². The van der Waals surface area contributed by atoms with Crippen LogP contribution in [0, 0.1) is 4.91 Å². The van der Waals surface area contributed by atoms with Crippen molar-refractivity contribution in [3.05, 3.63) is 39.8 Å². The number of nitroso groups, excluding NO2 is 1. The maximum Gasteiger partial charge on any atom is 0.308 e. The van der Waals surface area contributed by atoms with Crippen molar-refractivity contribution in [2.45, 2.75) is 45.3 Å². The van der Waals surface area contributed by atoms with Crippen LogP contribution in [-0.4, -0.2) is 17.6 Å². The minimum atomic E-state index is -0.631. The van der Waals surface area contributed by atoms with Gasteiger partial charge in [0, 0.05) is 11.4 Å². The van der Waals surface area contributed by atoms with Gasteiger partial charge in [-0.1, -0.05) is 28.9 Å². The van der Waals surface area contributed by atoms with E-state index in [1.807, 2.05) is 26.0 Å². The maximum atomic E-state index is 11.6. The molecular weight excluding hydrogens is 266 g/mol. The van der Waals surface area contributed by atoms with E-state index < -0.39 is 17.6 Å². The Bertz CT molecular complexity index is 443. The second-order valence-electron chi connectivity index (χ2n) is 5.20. The number of hydrogen-bond donors (Lipinski definition) is 0. The molecule has 0 heterocycles. The van der Waals surface area contributed by atoms with Crippen molar-refractivity contribution in [1.82, 2.24) is 0 Å². The summed E-state index contributed by atoms with van der Waals surface area (Å²) in [6.45, 7) is 5.25. The van der Waals surface area contributed by atoms with E-state index in [-0.39, 0.29) is 6.42 Å². The molecule has 19 heavy (non-hydrogen) atoms. The first-order chi connectivity index (χ1) is 8.82. The summed E-state index contributed by atoms with van der Waals surface area (Å²) in [5.41, 5.74) is 0.400. The summed E-state index contributed by atoms with van der Waals surface area (Å²) in [6.07, 6.45) is 0.590. The average Bonchev–Trinajstić information content (AvgIpc) is 2.30. The molecule has 0 aliphatic heterocycles. The third-order valence-corrected chi connectivity index (χ3v) is 2.83. The van der Waals surface area contributed by atoms with Gasteiger partial charge in [0.05, 0.1) is 12.5 Å². The Kier molecular flexibility index (Phi) is 5.48. The van der Waals surface area contributed by atoms with Crippen LogP contribution in [0.15, 0.2) is 29.4 Å². The maximum absolute atomic E-state index is 11.6. The Morgan fingerprint density at radius 3 is 2.47 bits per heavy atom. The first-order valence-corrected chi connectivity index (χ1v) is 6.49. The number of esters is 1. The molecule has 0 fully saturated rings. The number of carbonyl (C=O) groups is 1. The molecule has 1 aromatic rings. The molecule has 104 valence electrons. The molecule has 0 spiro atoms. The molecule has 0 saturated carbocycles.